The molecule has 6 nitrogen and oxygen atoms in total. The minimum atomic E-state index is -0.667. The Hall–Kier alpha value is -3.58. The topological polar surface area (TPSA) is 97.1 Å². The number of nitrogens with one attached hydrogen (secondary N) is 2. The molecule has 0 aliphatic rings. The molecular formula is C24H25FN4O2. The van der Waals surface area contributed by atoms with Crippen molar-refractivity contribution >= 4 is 17.5 Å². The predicted molar refractivity (Wildman–Crippen MR) is 118 cm³/mol. The van der Waals surface area contributed by atoms with Gasteiger partial charge in [-0.05, 0) is 61.4 Å². The van der Waals surface area contributed by atoms with E-state index in [2.05, 4.69) is 15.6 Å². The lowest BCUT2D eigenvalue weighted by Gasteiger charge is -2.27. The first kappa shape index (κ1) is 22.1. The highest BCUT2D eigenvalue weighted by atomic mass is 19.1. The van der Waals surface area contributed by atoms with E-state index in [1.165, 1.54) is 12.1 Å². The second-order valence-electron chi connectivity index (χ2n) is 7.80. The van der Waals surface area contributed by atoms with E-state index in [1.807, 2.05) is 13.8 Å². The number of anilines is 1. The van der Waals surface area contributed by atoms with Crippen molar-refractivity contribution in [3.63, 3.8) is 0 Å². The molecule has 1 atom stereocenters. The molecule has 31 heavy (non-hydrogen) atoms. The first-order valence-electron chi connectivity index (χ1n) is 9.88. The third kappa shape index (κ3) is 5.96. The second-order valence-corrected chi connectivity index (χ2v) is 7.80. The fraction of sp³-hybridized carbons (Fsp3) is 0.208. The Morgan fingerprint density at radius 1 is 1.00 bits per heavy atom. The fourth-order valence-electron chi connectivity index (χ4n) is 3.18. The first-order chi connectivity index (χ1) is 14.7. The van der Waals surface area contributed by atoms with Crippen LogP contribution in [0.4, 0.5) is 10.1 Å². The van der Waals surface area contributed by atoms with Crippen LogP contribution >= 0.6 is 0 Å². The molecular weight excluding hydrogens is 395 g/mol. The number of nitrogens with two attached hydrogens (primary N) is 1. The molecule has 1 heterocycles. The lowest BCUT2D eigenvalue weighted by Crippen LogP contribution is -2.42. The average Bonchev–Trinajstić information content (AvgIpc) is 2.74. The summed E-state index contributed by atoms with van der Waals surface area (Å²) >= 11 is 0. The molecule has 0 bridgehead atoms. The number of benzene rings is 2. The van der Waals surface area contributed by atoms with Crippen molar-refractivity contribution in [2.24, 2.45) is 5.73 Å². The zero-order valence-electron chi connectivity index (χ0n) is 17.4. The standard InChI is InChI=1S/C24H25FN4O2/c1-24(2,18-7-9-19(25)10-8-18)29-22(30)15-21(26)16-3-5-17(6-4-16)23(31)28-20-11-13-27-14-12-20/h3-14,21H,15,26H2,1-2H3,(H,29,30)(H,27,28,31). The Kier molecular flexibility index (Phi) is 6.77. The van der Waals surface area contributed by atoms with Gasteiger partial charge in [0.1, 0.15) is 5.82 Å². The van der Waals surface area contributed by atoms with Crippen molar-refractivity contribution in [1.82, 2.24) is 10.3 Å². The smallest absolute Gasteiger partial charge is 0.255 e. The normalized spacial score (nSPS) is 12.1. The van der Waals surface area contributed by atoms with Gasteiger partial charge >= 0.3 is 0 Å². The summed E-state index contributed by atoms with van der Waals surface area (Å²) in [5.74, 6) is -0.794. The number of halogens is 1. The quantitative estimate of drug-likeness (QED) is 0.540. The van der Waals surface area contributed by atoms with Crippen LogP contribution in [0.25, 0.3) is 0 Å². The van der Waals surface area contributed by atoms with E-state index in [9.17, 15) is 14.0 Å². The molecule has 4 N–H and O–H groups in total. The first-order valence-corrected chi connectivity index (χ1v) is 9.88. The Morgan fingerprint density at radius 2 is 1.61 bits per heavy atom. The molecule has 0 aliphatic heterocycles. The van der Waals surface area contributed by atoms with Crippen LogP contribution in [0, 0.1) is 5.82 Å². The lowest BCUT2D eigenvalue weighted by molar-refractivity contribution is -0.123. The van der Waals surface area contributed by atoms with Crippen molar-refractivity contribution in [2.75, 3.05) is 5.32 Å². The highest BCUT2D eigenvalue weighted by molar-refractivity contribution is 6.04. The molecule has 0 aliphatic carbocycles. The number of hydrogen-bond donors (Lipinski definition) is 3. The van der Waals surface area contributed by atoms with Crippen molar-refractivity contribution in [3.05, 3.63) is 95.6 Å². The Bertz CT molecular complexity index is 1040. The van der Waals surface area contributed by atoms with E-state index in [4.69, 9.17) is 5.73 Å². The number of nitrogens with zero attached hydrogens (tertiary/aromatic N) is 1. The molecule has 160 valence electrons. The number of carbonyl (C=O) groups is 2. The number of carbonyl (C=O) groups excluding carboxylic acids is 2. The third-order valence-electron chi connectivity index (χ3n) is 4.96. The highest BCUT2D eigenvalue weighted by Gasteiger charge is 2.24. The van der Waals surface area contributed by atoms with Gasteiger partial charge in [0.15, 0.2) is 0 Å². The molecule has 3 aromatic rings. The van der Waals surface area contributed by atoms with Gasteiger partial charge in [0.2, 0.25) is 5.91 Å². The van der Waals surface area contributed by atoms with Crippen LogP contribution in [0.2, 0.25) is 0 Å². The van der Waals surface area contributed by atoms with Gasteiger partial charge in [0, 0.05) is 36.1 Å². The maximum atomic E-state index is 13.2. The van der Waals surface area contributed by atoms with Crippen molar-refractivity contribution in [2.45, 2.75) is 31.8 Å². The largest absolute Gasteiger partial charge is 0.347 e. The van der Waals surface area contributed by atoms with Crippen LogP contribution in [-0.2, 0) is 10.3 Å². The van der Waals surface area contributed by atoms with Gasteiger partial charge in [0.25, 0.3) is 5.91 Å². The zero-order valence-corrected chi connectivity index (χ0v) is 17.4. The van der Waals surface area contributed by atoms with Gasteiger partial charge in [-0.1, -0.05) is 24.3 Å². The molecule has 2 aromatic carbocycles. The Morgan fingerprint density at radius 3 is 2.23 bits per heavy atom. The van der Waals surface area contributed by atoms with Gasteiger partial charge < -0.3 is 16.4 Å². The van der Waals surface area contributed by atoms with E-state index in [0.717, 1.165) is 11.1 Å². The van der Waals surface area contributed by atoms with E-state index < -0.39 is 11.6 Å². The monoisotopic (exact) mass is 420 g/mol. The Balaban J connectivity index is 1.58. The van der Waals surface area contributed by atoms with Crippen molar-refractivity contribution in [1.29, 1.82) is 0 Å². The van der Waals surface area contributed by atoms with E-state index in [1.54, 1.807) is 60.9 Å². The molecule has 0 saturated heterocycles. The van der Waals surface area contributed by atoms with Gasteiger partial charge in [-0.3, -0.25) is 14.6 Å². The molecule has 1 unspecified atom stereocenters. The summed E-state index contributed by atoms with van der Waals surface area (Å²) in [4.78, 5) is 28.8. The summed E-state index contributed by atoms with van der Waals surface area (Å²) in [5, 5.41) is 5.73. The fourth-order valence-corrected chi connectivity index (χ4v) is 3.18. The second kappa shape index (κ2) is 9.49. The summed E-state index contributed by atoms with van der Waals surface area (Å²) in [6.07, 6.45) is 3.27. The van der Waals surface area contributed by atoms with Gasteiger partial charge in [-0.15, -0.1) is 0 Å². The maximum Gasteiger partial charge on any atom is 0.255 e. The summed E-state index contributed by atoms with van der Waals surface area (Å²) in [7, 11) is 0. The molecule has 7 heteroatoms. The molecule has 0 spiro atoms. The zero-order chi connectivity index (χ0) is 22.4. The minimum absolute atomic E-state index is 0.0766. The van der Waals surface area contributed by atoms with Crippen LogP contribution in [0.5, 0.6) is 0 Å². The SMILES string of the molecule is CC(C)(NC(=O)CC(N)c1ccc(C(=O)Nc2ccncc2)cc1)c1ccc(F)cc1. The van der Waals surface area contributed by atoms with E-state index in [0.29, 0.717) is 11.3 Å². The van der Waals surface area contributed by atoms with Gasteiger partial charge in [-0.2, -0.15) is 0 Å². The number of amides is 2. The van der Waals surface area contributed by atoms with Gasteiger partial charge in [-0.25, -0.2) is 4.39 Å². The summed E-state index contributed by atoms with van der Waals surface area (Å²) in [6, 6.07) is 15.7. The van der Waals surface area contributed by atoms with Crippen LogP contribution in [-0.4, -0.2) is 16.8 Å². The van der Waals surface area contributed by atoms with Crippen LogP contribution in [0.3, 0.4) is 0 Å². The Labute approximate surface area is 180 Å². The average molecular weight is 420 g/mol. The van der Waals surface area contributed by atoms with Crippen molar-refractivity contribution < 1.29 is 14.0 Å². The lowest BCUT2D eigenvalue weighted by atomic mass is 9.93. The van der Waals surface area contributed by atoms with Crippen molar-refractivity contribution in [3.8, 4) is 0 Å². The molecule has 3 rings (SSSR count). The third-order valence-corrected chi connectivity index (χ3v) is 4.96. The maximum absolute atomic E-state index is 13.2. The molecule has 1 aromatic heterocycles. The van der Waals surface area contributed by atoms with Crippen LogP contribution < -0.4 is 16.4 Å². The van der Waals surface area contributed by atoms with E-state index in [-0.39, 0.29) is 24.1 Å². The number of rotatable bonds is 7. The molecule has 0 saturated carbocycles. The summed E-state index contributed by atoms with van der Waals surface area (Å²) in [6.45, 7) is 3.69. The van der Waals surface area contributed by atoms with E-state index >= 15 is 0 Å². The highest BCUT2D eigenvalue weighted by Crippen LogP contribution is 2.22. The van der Waals surface area contributed by atoms with Gasteiger partial charge in [0.05, 0.1) is 5.54 Å². The number of pyridine rings is 1. The molecule has 0 radical (unpaired) electrons. The number of hydrogen-bond acceptors (Lipinski definition) is 4. The predicted octanol–water partition coefficient (Wildman–Crippen LogP) is 3.91. The molecule has 2 amide bonds. The number of aromatic nitrogens is 1. The summed E-state index contributed by atoms with van der Waals surface area (Å²) in [5.41, 5.74) is 8.21. The summed E-state index contributed by atoms with van der Waals surface area (Å²) < 4.78 is 13.2. The van der Waals surface area contributed by atoms with Crippen LogP contribution in [0.1, 0.15) is 47.8 Å². The van der Waals surface area contributed by atoms with Crippen LogP contribution in [0.15, 0.2) is 73.1 Å². The molecule has 0 fully saturated rings. The minimum Gasteiger partial charge on any atom is -0.347 e.